The molecule has 3 nitrogen and oxygen atoms in total. The van der Waals surface area contributed by atoms with Crippen LogP contribution in [0, 0.1) is 0 Å². The molecule has 0 bridgehead atoms. The Bertz CT molecular complexity index is 682. The first-order chi connectivity index (χ1) is 9.73. The smallest absolute Gasteiger partial charge is 0.257 e. The van der Waals surface area contributed by atoms with Gasteiger partial charge >= 0.3 is 0 Å². The van der Waals surface area contributed by atoms with E-state index in [1.165, 1.54) is 0 Å². The van der Waals surface area contributed by atoms with E-state index in [1.54, 1.807) is 0 Å². The Morgan fingerprint density at radius 3 is 2.60 bits per heavy atom. The number of fused-ring (bicyclic) bond motifs is 3. The molecule has 2 aromatic carbocycles. The maximum Gasteiger partial charge on any atom is 0.257 e. The number of nitrogens with zero attached hydrogens (tertiary/aromatic N) is 1. The summed E-state index contributed by atoms with van der Waals surface area (Å²) in [4.78, 5) is 14.5. The van der Waals surface area contributed by atoms with Crippen LogP contribution in [0.2, 0.25) is 0 Å². The fourth-order valence-corrected chi connectivity index (χ4v) is 3.37. The van der Waals surface area contributed by atoms with Gasteiger partial charge in [0.2, 0.25) is 0 Å². The molecule has 3 heteroatoms. The first-order valence-corrected chi connectivity index (χ1v) is 6.88. The minimum Gasteiger partial charge on any atom is -0.342 e. The van der Waals surface area contributed by atoms with Crippen molar-refractivity contribution in [3.8, 4) is 0 Å². The summed E-state index contributed by atoms with van der Waals surface area (Å²) >= 11 is 0. The largest absolute Gasteiger partial charge is 0.342 e. The van der Waals surface area contributed by atoms with Gasteiger partial charge in [0.25, 0.3) is 5.91 Å². The van der Waals surface area contributed by atoms with E-state index in [1.807, 2.05) is 66.4 Å². The molecular formula is C17H15NO2. The van der Waals surface area contributed by atoms with E-state index < -0.39 is 5.72 Å². The molecule has 1 amide bonds. The fraction of sp³-hybridized carbons (Fsp3) is 0.235. The molecule has 100 valence electrons. The predicted molar refractivity (Wildman–Crippen MR) is 75.2 cm³/mol. The molecule has 0 spiro atoms. The summed E-state index contributed by atoms with van der Waals surface area (Å²) in [7, 11) is 0. The monoisotopic (exact) mass is 265 g/mol. The molecule has 4 rings (SSSR count). The van der Waals surface area contributed by atoms with Gasteiger partial charge in [-0.15, -0.1) is 0 Å². The van der Waals surface area contributed by atoms with E-state index in [0.717, 1.165) is 16.7 Å². The molecule has 20 heavy (non-hydrogen) atoms. The Hall–Kier alpha value is -2.13. The molecule has 0 saturated carbocycles. The molecule has 0 N–H and O–H groups in total. The standard InChI is InChI=1S/C17H15NO2/c1-12-11-18-16(19)14-9-5-6-10-15(14)17(18,20-12)13-7-3-2-4-8-13/h2-10,12H,11H2,1H3/t12-,17-/m1/s1. The van der Waals surface area contributed by atoms with E-state index in [-0.39, 0.29) is 12.0 Å². The molecule has 2 aliphatic heterocycles. The van der Waals surface area contributed by atoms with Gasteiger partial charge in [-0.25, -0.2) is 0 Å². The first-order valence-electron chi connectivity index (χ1n) is 6.88. The predicted octanol–water partition coefficient (Wildman–Crippen LogP) is 2.76. The third kappa shape index (κ3) is 1.30. The van der Waals surface area contributed by atoms with Gasteiger partial charge in [0.1, 0.15) is 0 Å². The third-order valence-corrected chi connectivity index (χ3v) is 4.12. The van der Waals surface area contributed by atoms with Crippen molar-refractivity contribution in [2.45, 2.75) is 18.8 Å². The van der Waals surface area contributed by atoms with Crippen molar-refractivity contribution < 1.29 is 9.53 Å². The average molecular weight is 265 g/mol. The highest BCUT2D eigenvalue weighted by atomic mass is 16.5. The minimum atomic E-state index is -0.742. The summed E-state index contributed by atoms with van der Waals surface area (Å²) in [5.41, 5.74) is 1.99. The van der Waals surface area contributed by atoms with Crippen LogP contribution in [0.15, 0.2) is 54.6 Å². The Labute approximate surface area is 117 Å². The molecule has 1 saturated heterocycles. The normalized spacial score (nSPS) is 27.6. The Morgan fingerprint density at radius 1 is 1.10 bits per heavy atom. The van der Waals surface area contributed by atoms with Crippen molar-refractivity contribution in [1.29, 1.82) is 0 Å². The Kier molecular flexibility index (Phi) is 2.30. The number of hydrogen-bond acceptors (Lipinski definition) is 2. The van der Waals surface area contributed by atoms with Gasteiger partial charge in [0.15, 0.2) is 5.72 Å². The van der Waals surface area contributed by atoms with Crippen molar-refractivity contribution in [1.82, 2.24) is 4.90 Å². The zero-order valence-corrected chi connectivity index (χ0v) is 11.2. The number of carbonyl (C=O) groups excluding carboxylic acids is 1. The molecule has 0 aliphatic carbocycles. The summed E-state index contributed by atoms with van der Waals surface area (Å²) in [6.07, 6.45) is 0.0347. The van der Waals surface area contributed by atoms with Gasteiger partial charge in [0, 0.05) is 16.7 Å². The van der Waals surface area contributed by atoms with Gasteiger partial charge in [-0.1, -0.05) is 48.5 Å². The second-order valence-corrected chi connectivity index (χ2v) is 5.40. The van der Waals surface area contributed by atoms with Crippen LogP contribution in [0.3, 0.4) is 0 Å². The quantitative estimate of drug-likeness (QED) is 0.793. The molecule has 2 aliphatic rings. The number of ether oxygens (including phenoxy) is 1. The van der Waals surface area contributed by atoms with E-state index in [4.69, 9.17) is 4.74 Å². The van der Waals surface area contributed by atoms with Crippen LogP contribution in [-0.2, 0) is 10.5 Å². The molecule has 0 unspecified atom stereocenters. The zero-order valence-electron chi connectivity index (χ0n) is 11.2. The summed E-state index contributed by atoms with van der Waals surface area (Å²) in [6, 6.07) is 17.8. The molecule has 1 fully saturated rings. The van der Waals surface area contributed by atoms with Crippen molar-refractivity contribution in [2.75, 3.05) is 6.54 Å². The van der Waals surface area contributed by atoms with Crippen LogP contribution in [0.1, 0.15) is 28.4 Å². The van der Waals surface area contributed by atoms with Gasteiger partial charge in [0.05, 0.1) is 12.6 Å². The first kappa shape index (κ1) is 11.7. The van der Waals surface area contributed by atoms with Crippen LogP contribution in [0.4, 0.5) is 0 Å². The highest BCUT2D eigenvalue weighted by Gasteiger charge is 2.56. The molecule has 0 aromatic heterocycles. The average Bonchev–Trinajstić information content (AvgIpc) is 2.95. The van der Waals surface area contributed by atoms with Gasteiger partial charge < -0.3 is 4.74 Å². The van der Waals surface area contributed by atoms with Crippen molar-refractivity contribution in [2.24, 2.45) is 0 Å². The topological polar surface area (TPSA) is 29.5 Å². The van der Waals surface area contributed by atoms with Crippen LogP contribution < -0.4 is 0 Å². The number of amides is 1. The maximum atomic E-state index is 12.6. The van der Waals surface area contributed by atoms with Crippen molar-refractivity contribution in [3.63, 3.8) is 0 Å². The number of hydrogen-bond donors (Lipinski definition) is 0. The number of benzene rings is 2. The lowest BCUT2D eigenvalue weighted by atomic mass is 9.94. The summed E-state index contributed by atoms with van der Waals surface area (Å²) in [5.74, 6) is 0.0637. The SMILES string of the molecule is C[C@@H]1CN2C(=O)c3ccccc3[C@@]2(c2ccccc2)O1. The lowest BCUT2D eigenvalue weighted by Gasteiger charge is -2.32. The van der Waals surface area contributed by atoms with Crippen LogP contribution >= 0.6 is 0 Å². The second kappa shape index (κ2) is 3.93. The third-order valence-electron chi connectivity index (χ3n) is 4.12. The Balaban J connectivity index is 2.01. The second-order valence-electron chi connectivity index (χ2n) is 5.40. The van der Waals surface area contributed by atoms with E-state index in [0.29, 0.717) is 6.54 Å². The van der Waals surface area contributed by atoms with Crippen molar-refractivity contribution >= 4 is 5.91 Å². The lowest BCUT2D eigenvalue weighted by molar-refractivity contribution is -0.0542. The van der Waals surface area contributed by atoms with Gasteiger partial charge in [-0.2, -0.15) is 0 Å². The van der Waals surface area contributed by atoms with Gasteiger partial charge in [-0.05, 0) is 13.0 Å². The van der Waals surface area contributed by atoms with Gasteiger partial charge in [-0.3, -0.25) is 9.69 Å². The highest BCUT2D eigenvalue weighted by Crippen LogP contribution is 2.49. The van der Waals surface area contributed by atoms with Crippen LogP contribution in [-0.4, -0.2) is 23.5 Å². The van der Waals surface area contributed by atoms with E-state index in [9.17, 15) is 4.79 Å². The van der Waals surface area contributed by atoms with E-state index >= 15 is 0 Å². The van der Waals surface area contributed by atoms with Crippen LogP contribution in [0.5, 0.6) is 0 Å². The molecule has 2 aromatic rings. The summed E-state index contributed by atoms with van der Waals surface area (Å²) in [5, 5.41) is 0. The zero-order chi connectivity index (χ0) is 13.7. The van der Waals surface area contributed by atoms with Crippen LogP contribution in [0.25, 0.3) is 0 Å². The molecule has 2 atom stereocenters. The molecule has 0 radical (unpaired) electrons. The maximum absolute atomic E-state index is 12.6. The minimum absolute atomic E-state index is 0.0347. The summed E-state index contributed by atoms with van der Waals surface area (Å²) < 4.78 is 6.26. The lowest BCUT2D eigenvalue weighted by Crippen LogP contribution is -2.40. The fourth-order valence-electron chi connectivity index (χ4n) is 3.37. The molecular weight excluding hydrogens is 250 g/mol. The Morgan fingerprint density at radius 2 is 1.80 bits per heavy atom. The highest BCUT2D eigenvalue weighted by molar-refractivity contribution is 6.00. The van der Waals surface area contributed by atoms with E-state index in [2.05, 4.69) is 0 Å². The van der Waals surface area contributed by atoms with Crippen molar-refractivity contribution in [3.05, 3.63) is 71.3 Å². The molecule has 2 heterocycles. The number of rotatable bonds is 1. The number of carbonyl (C=O) groups is 1. The summed E-state index contributed by atoms with van der Waals surface area (Å²) in [6.45, 7) is 2.64.